The molecule has 0 radical (unpaired) electrons. The SMILES string of the molecule is CCOC(=O)c1cn(C(C)(C)C)c2cc(N3CCCC3)c([N+](=O)[O-])cc2c1=O. The van der Waals surface area contributed by atoms with Crippen LogP contribution in [0.2, 0.25) is 0 Å². The Bertz CT molecular complexity index is 998. The third-order valence-electron chi connectivity index (χ3n) is 4.96. The molecule has 1 aliphatic heterocycles. The second kappa shape index (κ2) is 7.26. The monoisotopic (exact) mass is 387 g/mol. The number of hydrogen-bond acceptors (Lipinski definition) is 6. The van der Waals surface area contributed by atoms with Crippen LogP contribution in [-0.2, 0) is 10.3 Å². The van der Waals surface area contributed by atoms with Crippen molar-refractivity contribution in [3.63, 3.8) is 0 Å². The Kier molecular flexibility index (Phi) is 5.14. The van der Waals surface area contributed by atoms with Crippen LogP contribution in [0.1, 0.15) is 50.9 Å². The van der Waals surface area contributed by atoms with Crippen molar-refractivity contribution in [2.75, 3.05) is 24.6 Å². The zero-order chi connectivity index (χ0) is 20.6. The van der Waals surface area contributed by atoms with Crippen molar-refractivity contribution in [3.05, 3.63) is 44.2 Å². The number of esters is 1. The van der Waals surface area contributed by atoms with Gasteiger partial charge in [-0.25, -0.2) is 4.79 Å². The van der Waals surface area contributed by atoms with Crippen LogP contribution in [0, 0.1) is 10.1 Å². The van der Waals surface area contributed by atoms with Crippen molar-refractivity contribution in [2.45, 2.75) is 46.1 Å². The summed E-state index contributed by atoms with van der Waals surface area (Å²) in [7, 11) is 0. The molecule has 0 spiro atoms. The Balaban J connectivity index is 2.38. The van der Waals surface area contributed by atoms with Crippen LogP contribution in [0.4, 0.5) is 11.4 Å². The molecule has 150 valence electrons. The predicted octanol–water partition coefficient (Wildman–Crippen LogP) is 3.44. The number of hydrogen-bond donors (Lipinski definition) is 0. The first-order valence-corrected chi connectivity index (χ1v) is 9.45. The van der Waals surface area contributed by atoms with Gasteiger partial charge in [-0.05, 0) is 46.6 Å². The fourth-order valence-electron chi connectivity index (χ4n) is 3.62. The summed E-state index contributed by atoms with van der Waals surface area (Å²) in [5.74, 6) is -0.723. The minimum atomic E-state index is -0.723. The molecule has 0 atom stereocenters. The molecule has 1 aliphatic rings. The number of nitro groups is 1. The summed E-state index contributed by atoms with van der Waals surface area (Å²) in [5, 5.41) is 11.9. The number of fused-ring (bicyclic) bond motifs is 1. The lowest BCUT2D eigenvalue weighted by Crippen LogP contribution is -2.29. The molecular weight excluding hydrogens is 362 g/mol. The molecule has 0 aliphatic carbocycles. The molecule has 0 amide bonds. The highest BCUT2D eigenvalue weighted by Gasteiger charge is 2.28. The smallest absolute Gasteiger partial charge is 0.343 e. The standard InChI is InChI=1S/C20H25N3O5/c1-5-28-19(25)14-12-22(20(2,3)4)15-11-16(21-8-6-7-9-21)17(23(26)27)10-13(15)18(14)24/h10-12H,5-9H2,1-4H3. The van der Waals surface area contributed by atoms with E-state index in [9.17, 15) is 19.7 Å². The third kappa shape index (κ3) is 3.46. The van der Waals surface area contributed by atoms with Crippen molar-refractivity contribution in [2.24, 2.45) is 0 Å². The largest absolute Gasteiger partial charge is 0.462 e. The fraction of sp³-hybridized carbons (Fsp3) is 0.500. The van der Waals surface area contributed by atoms with E-state index in [0.717, 1.165) is 25.9 Å². The number of carbonyl (C=O) groups is 1. The molecule has 0 saturated carbocycles. The van der Waals surface area contributed by atoms with Gasteiger partial charge in [0.15, 0.2) is 0 Å². The summed E-state index contributed by atoms with van der Waals surface area (Å²) in [6, 6.07) is 3.01. The Hall–Kier alpha value is -2.90. The number of pyridine rings is 1. The van der Waals surface area contributed by atoms with Gasteiger partial charge < -0.3 is 14.2 Å². The maximum atomic E-state index is 13.0. The molecule has 0 bridgehead atoms. The number of anilines is 1. The van der Waals surface area contributed by atoms with Gasteiger partial charge in [0.2, 0.25) is 5.43 Å². The molecule has 1 saturated heterocycles. The van der Waals surface area contributed by atoms with Gasteiger partial charge in [0, 0.05) is 30.9 Å². The van der Waals surface area contributed by atoms with E-state index in [0.29, 0.717) is 11.2 Å². The maximum absolute atomic E-state index is 13.0. The van der Waals surface area contributed by atoms with E-state index in [4.69, 9.17) is 4.74 Å². The molecular formula is C20H25N3O5. The van der Waals surface area contributed by atoms with Gasteiger partial charge in [-0.1, -0.05) is 0 Å². The molecule has 8 heteroatoms. The van der Waals surface area contributed by atoms with E-state index in [-0.39, 0.29) is 23.2 Å². The summed E-state index contributed by atoms with van der Waals surface area (Å²) in [6.45, 7) is 9.13. The number of carbonyl (C=O) groups excluding carboxylic acids is 1. The van der Waals surface area contributed by atoms with Crippen LogP contribution in [0.3, 0.4) is 0 Å². The highest BCUT2D eigenvalue weighted by molar-refractivity contribution is 5.96. The van der Waals surface area contributed by atoms with Gasteiger partial charge >= 0.3 is 5.97 Å². The molecule has 2 heterocycles. The van der Waals surface area contributed by atoms with Crippen LogP contribution in [0.15, 0.2) is 23.1 Å². The first-order valence-electron chi connectivity index (χ1n) is 9.45. The number of benzene rings is 1. The number of aromatic nitrogens is 1. The van der Waals surface area contributed by atoms with E-state index in [1.54, 1.807) is 13.0 Å². The molecule has 1 aromatic heterocycles. The second-order valence-electron chi connectivity index (χ2n) is 7.94. The van der Waals surface area contributed by atoms with Crippen LogP contribution in [0.25, 0.3) is 10.9 Å². The lowest BCUT2D eigenvalue weighted by molar-refractivity contribution is -0.384. The van der Waals surface area contributed by atoms with E-state index in [1.807, 2.05) is 30.2 Å². The van der Waals surface area contributed by atoms with E-state index in [2.05, 4.69) is 0 Å². The number of ether oxygens (including phenoxy) is 1. The lowest BCUT2D eigenvalue weighted by Gasteiger charge is -2.27. The normalized spacial score (nSPS) is 14.5. The van der Waals surface area contributed by atoms with Crippen LogP contribution in [-0.4, -0.2) is 35.2 Å². The van der Waals surface area contributed by atoms with Gasteiger partial charge in [0.1, 0.15) is 11.3 Å². The minimum Gasteiger partial charge on any atom is -0.462 e. The van der Waals surface area contributed by atoms with Gasteiger partial charge in [-0.15, -0.1) is 0 Å². The topological polar surface area (TPSA) is 94.7 Å². The average molecular weight is 387 g/mol. The van der Waals surface area contributed by atoms with Crippen LogP contribution in [0.5, 0.6) is 0 Å². The Morgan fingerprint density at radius 1 is 1.25 bits per heavy atom. The van der Waals surface area contributed by atoms with Crippen molar-refractivity contribution in [1.82, 2.24) is 4.57 Å². The molecule has 0 unspecified atom stereocenters. The van der Waals surface area contributed by atoms with Gasteiger partial charge in [0.25, 0.3) is 5.69 Å². The number of rotatable bonds is 4. The van der Waals surface area contributed by atoms with Crippen LogP contribution < -0.4 is 10.3 Å². The third-order valence-corrected chi connectivity index (χ3v) is 4.96. The molecule has 8 nitrogen and oxygen atoms in total. The van der Waals surface area contributed by atoms with Crippen molar-refractivity contribution in [1.29, 1.82) is 0 Å². The second-order valence-corrected chi connectivity index (χ2v) is 7.94. The first-order chi connectivity index (χ1) is 13.1. The average Bonchev–Trinajstić information content (AvgIpc) is 3.14. The highest BCUT2D eigenvalue weighted by Crippen LogP contribution is 2.35. The van der Waals surface area contributed by atoms with E-state index >= 15 is 0 Å². The van der Waals surface area contributed by atoms with Gasteiger partial charge in [-0.3, -0.25) is 14.9 Å². The van der Waals surface area contributed by atoms with Crippen molar-refractivity contribution in [3.8, 4) is 0 Å². The van der Waals surface area contributed by atoms with Crippen molar-refractivity contribution < 1.29 is 14.5 Å². The summed E-state index contributed by atoms with van der Waals surface area (Å²) in [6.07, 6.45) is 3.45. The highest BCUT2D eigenvalue weighted by atomic mass is 16.6. The number of nitrogens with zero attached hydrogens (tertiary/aromatic N) is 3. The molecule has 0 N–H and O–H groups in total. The Morgan fingerprint density at radius 3 is 2.43 bits per heavy atom. The Morgan fingerprint density at radius 2 is 1.89 bits per heavy atom. The first kappa shape index (κ1) is 19.9. The zero-order valence-electron chi connectivity index (χ0n) is 16.7. The van der Waals surface area contributed by atoms with E-state index in [1.165, 1.54) is 12.3 Å². The van der Waals surface area contributed by atoms with Gasteiger partial charge in [0.05, 0.1) is 22.4 Å². The molecule has 1 fully saturated rings. The summed E-state index contributed by atoms with van der Waals surface area (Å²) < 4.78 is 6.83. The van der Waals surface area contributed by atoms with Crippen LogP contribution >= 0.6 is 0 Å². The van der Waals surface area contributed by atoms with Crippen molar-refractivity contribution >= 4 is 28.2 Å². The number of nitro benzene ring substituents is 1. The summed E-state index contributed by atoms with van der Waals surface area (Å²) in [5.41, 5.74) is -0.161. The van der Waals surface area contributed by atoms with Gasteiger partial charge in [-0.2, -0.15) is 0 Å². The quantitative estimate of drug-likeness (QED) is 0.453. The molecule has 1 aromatic carbocycles. The molecule has 2 aromatic rings. The lowest BCUT2D eigenvalue weighted by atomic mass is 10.0. The zero-order valence-corrected chi connectivity index (χ0v) is 16.7. The predicted molar refractivity (Wildman–Crippen MR) is 107 cm³/mol. The summed E-state index contributed by atoms with van der Waals surface area (Å²) >= 11 is 0. The molecule has 3 rings (SSSR count). The minimum absolute atomic E-state index is 0.118. The molecule has 28 heavy (non-hydrogen) atoms. The Labute approximate surface area is 162 Å². The van der Waals surface area contributed by atoms with E-state index < -0.39 is 21.9 Å². The maximum Gasteiger partial charge on any atom is 0.343 e. The summed E-state index contributed by atoms with van der Waals surface area (Å²) in [4.78, 5) is 38.5. The fourth-order valence-corrected chi connectivity index (χ4v) is 3.62.